The van der Waals surface area contributed by atoms with Gasteiger partial charge in [-0.05, 0) is 61.8 Å². The third-order valence-electron chi connectivity index (χ3n) is 6.04. The Labute approximate surface area is 133 Å². The molecule has 0 aliphatic heterocycles. The van der Waals surface area contributed by atoms with Gasteiger partial charge in [0.1, 0.15) is 0 Å². The van der Waals surface area contributed by atoms with Crippen LogP contribution in [-0.2, 0) is 0 Å². The van der Waals surface area contributed by atoms with Crippen LogP contribution in [0.25, 0.3) is 0 Å². The fourth-order valence-electron chi connectivity index (χ4n) is 4.17. The first-order valence-corrected chi connectivity index (χ1v) is 9.74. The Kier molecular flexibility index (Phi) is 6.59. The predicted octanol–water partition coefficient (Wildman–Crippen LogP) is 5.79. The lowest BCUT2D eigenvalue weighted by atomic mass is 9.64. The van der Waals surface area contributed by atoms with Crippen molar-refractivity contribution in [3.05, 3.63) is 0 Å². The lowest BCUT2D eigenvalue weighted by molar-refractivity contribution is 0.0908. The van der Waals surface area contributed by atoms with Gasteiger partial charge in [0, 0.05) is 6.04 Å². The van der Waals surface area contributed by atoms with Crippen LogP contribution in [0.3, 0.4) is 0 Å². The average molecular weight is 294 g/mol. The summed E-state index contributed by atoms with van der Waals surface area (Å²) in [5.74, 6) is 2.91. The quantitative estimate of drug-likeness (QED) is 0.559. The molecule has 0 heterocycles. The summed E-state index contributed by atoms with van der Waals surface area (Å²) in [5.41, 5.74) is 0.510. The molecule has 124 valence electrons. The molecule has 0 bridgehead atoms. The monoisotopic (exact) mass is 293 g/mol. The molecule has 0 radical (unpaired) electrons. The van der Waals surface area contributed by atoms with Crippen LogP contribution in [0.1, 0.15) is 91.9 Å². The van der Waals surface area contributed by atoms with E-state index in [2.05, 4.69) is 33.0 Å². The molecule has 0 aromatic rings. The third-order valence-corrected chi connectivity index (χ3v) is 6.04. The smallest absolute Gasteiger partial charge is 0.00683 e. The van der Waals surface area contributed by atoms with Crippen molar-refractivity contribution in [3.8, 4) is 0 Å². The van der Waals surface area contributed by atoms with E-state index in [1.807, 2.05) is 0 Å². The first-order chi connectivity index (χ1) is 10.0. The van der Waals surface area contributed by atoms with Crippen molar-refractivity contribution in [1.82, 2.24) is 5.32 Å². The lowest BCUT2D eigenvalue weighted by Crippen LogP contribution is -2.37. The highest BCUT2D eigenvalue weighted by Crippen LogP contribution is 2.44. The highest BCUT2D eigenvalue weighted by atomic mass is 14.9. The second-order valence-electron chi connectivity index (χ2n) is 8.93. The van der Waals surface area contributed by atoms with Crippen LogP contribution in [0.4, 0.5) is 0 Å². The van der Waals surface area contributed by atoms with E-state index < -0.39 is 0 Å². The molecule has 0 spiro atoms. The minimum Gasteiger partial charge on any atom is -0.314 e. The van der Waals surface area contributed by atoms with E-state index >= 15 is 0 Å². The maximum Gasteiger partial charge on any atom is 0.00683 e. The first kappa shape index (κ1) is 17.3. The standard InChI is InChI=1S/C20H39N/c1-5-6-7-8-9-16-14-18(20(2,3)4)11-10-17(16)15-21-19-12-13-19/h16-19,21H,5-15H2,1-4H3. The molecule has 2 saturated carbocycles. The molecule has 2 aliphatic rings. The van der Waals surface area contributed by atoms with Gasteiger partial charge >= 0.3 is 0 Å². The van der Waals surface area contributed by atoms with Crippen LogP contribution in [0.15, 0.2) is 0 Å². The third kappa shape index (κ3) is 5.93. The summed E-state index contributed by atoms with van der Waals surface area (Å²) in [7, 11) is 0. The summed E-state index contributed by atoms with van der Waals surface area (Å²) in [6.45, 7) is 11.0. The normalized spacial score (nSPS) is 30.6. The summed E-state index contributed by atoms with van der Waals surface area (Å²) < 4.78 is 0. The van der Waals surface area contributed by atoms with E-state index in [4.69, 9.17) is 0 Å². The van der Waals surface area contributed by atoms with Crippen molar-refractivity contribution >= 4 is 0 Å². The van der Waals surface area contributed by atoms with E-state index in [1.165, 1.54) is 70.8 Å². The molecule has 3 atom stereocenters. The summed E-state index contributed by atoms with van der Waals surface area (Å²) in [5, 5.41) is 3.81. The van der Waals surface area contributed by atoms with Gasteiger partial charge in [-0.25, -0.2) is 0 Å². The Bertz CT molecular complexity index is 287. The van der Waals surface area contributed by atoms with E-state index in [1.54, 1.807) is 0 Å². The zero-order chi connectivity index (χ0) is 15.3. The molecule has 2 rings (SSSR count). The van der Waals surface area contributed by atoms with Gasteiger partial charge in [-0.2, -0.15) is 0 Å². The molecule has 0 aromatic heterocycles. The van der Waals surface area contributed by atoms with Crippen LogP contribution >= 0.6 is 0 Å². The van der Waals surface area contributed by atoms with Gasteiger partial charge < -0.3 is 5.32 Å². The number of rotatable bonds is 8. The Balaban J connectivity index is 1.82. The molecule has 0 saturated heterocycles. The van der Waals surface area contributed by atoms with Crippen molar-refractivity contribution in [2.75, 3.05) is 6.54 Å². The van der Waals surface area contributed by atoms with Crippen molar-refractivity contribution in [1.29, 1.82) is 0 Å². The highest BCUT2D eigenvalue weighted by Gasteiger charge is 2.36. The predicted molar refractivity (Wildman–Crippen MR) is 93.6 cm³/mol. The summed E-state index contributed by atoms with van der Waals surface area (Å²) in [6, 6.07) is 0.881. The molecule has 1 heteroatoms. The summed E-state index contributed by atoms with van der Waals surface area (Å²) >= 11 is 0. The molecule has 0 amide bonds. The van der Waals surface area contributed by atoms with Crippen LogP contribution in [0.5, 0.6) is 0 Å². The van der Waals surface area contributed by atoms with Crippen LogP contribution in [0.2, 0.25) is 0 Å². The molecule has 3 unspecified atom stereocenters. The van der Waals surface area contributed by atoms with E-state index in [0.717, 1.165) is 23.8 Å². The van der Waals surface area contributed by atoms with Crippen molar-refractivity contribution in [3.63, 3.8) is 0 Å². The van der Waals surface area contributed by atoms with E-state index in [0.29, 0.717) is 5.41 Å². The minimum absolute atomic E-state index is 0.510. The molecular formula is C20H39N. The molecule has 1 N–H and O–H groups in total. The van der Waals surface area contributed by atoms with Gasteiger partial charge in [-0.3, -0.25) is 0 Å². The van der Waals surface area contributed by atoms with Gasteiger partial charge in [-0.1, -0.05) is 59.8 Å². The second-order valence-corrected chi connectivity index (χ2v) is 8.93. The number of hydrogen-bond acceptors (Lipinski definition) is 1. The maximum absolute atomic E-state index is 3.81. The highest BCUT2D eigenvalue weighted by molar-refractivity contribution is 4.89. The van der Waals surface area contributed by atoms with Crippen LogP contribution < -0.4 is 5.32 Å². The van der Waals surface area contributed by atoms with Crippen molar-refractivity contribution < 1.29 is 0 Å². The Morgan fingerprint density at radius 2 is 1.67 bits per heavy atom. The van der Waals surface area contributed by atoms with Crippen molar-refractivity contribution in [2.45, 2.75) is 97.9 Å². The average Bonchev–Trinajstić information content (AvgIpc) is 3.25. The number of hydrogen-bond donors (Lipinski definition) is 1. The SMILES string of the molecule is CCCCCCC1CC(C(C)(C)C)CCC1CNC1CC1. The largest absolute Gasteiger partial charge is 0.314 e. The van der Waals surface area contributed by atoms with Gasteiger partial charge in [0.2, 0.25) is 0 Å². The van der Waals surface area contributed by atoms with Gasteiger partial charge in [0.15, 0.2) is 0 Å². The second kappa shape index (κ2) is 7.99. The Hall–Kier alpha value is -0.0400. The van der Waals surface area contributed by atoms with Gasteiger partial charge in [-0.15, -0.1) is 0 Å². The van der Waals surface area contributed by atoms with E-state index in [-0.39, 0.29) is 0 Å². The number of unbranched alkanes of at least 4 members (excludes halogenated alkanes) is 3. The molecular weight excluding hydrogens is 254 g/mol. The number of nitrogens with one attached hydrogen (secondary N) is 1. The topological polar surface area (TPSA) is 12.0 Å². The van der Waals surface area contributed by atoms with Gasteiger partial charge in [0.05, 0.1) is 0 Å². The van der Waals surface area contributed by atoms with E-state index in [9.17, 15) is 0 Å². The van der Waals surface area contributed by atoms with Crippen molar-refractivity contribution in [2.24, 2.45) is 23.2 Å². The Morgan fingerprint density at radius 1 is 0.905 bits per heavy atom. The van der Waals surface area contributed by atoms with Crippen LogP contribution in [0, 0.1) is 23.2 Å². The maximum atomic E-state index is 3.81. The first-order valence-electron chi connectivity index (χ1n) is 9.74. The van der Waals surface area contributed by atoms with Crippen LogP contribution in [-0.4, -0.2) is 12.6 Å². The molecule has 2 aliphatic carbocycles. The zero-order valence-electron chi connectivity index (χ0n) is 15.1. The molecule has 21 heavy (non-hydrogen) atoms. The summed E-state index contributed by atoms with van der Waals surface area (Å²) in [4.78, 5) is 0. The lowest BCUT2D eigenvalue weighted by Gasteiger charge is -2.42. The minimum atomic E-state index is 0.510. The molecule has 0 aromatic carbocycles. The zero-order valence-corrected chi connectivity index (χ0v) is 15.1. The Morgan fingerprint density at radius 3 is 2.29 bits per heavy atom. The van der Waals surface area contributed by atoms with Gasteiger partial charge in [0.25, 0.3) is 0 Å². The summed E-state index contributed by atoms with van der Waals surface area (Å²) in [6.07, 6.45) is 14.5. The fourth-order valence-corrected chi connectivity index (χ4v) is 4.17. The fraction of sp³-hybridized carbons (Fsp3) is 1.00. The molecule has 2 fully saturated rings. The molecule has 1 nitrogen and oxygen atoms in total.